The zero-order valence-corrected chi connectivity index (χ0v) is 16.7. The summed E-state index contributed by atoms with van der Waals surface area (Å²) in [5.74, 6) is 0. The minimum atomic E-state index is 0.785. The molecule has 0 fully saturated rings. The van der Waals surface area contributed by atoms with Crippen LogP contribution in [0.2, 0.25) is 10.0 Å². The highest BCUT2D eigenvalue weighted by molar-refractivity contribution is 6.40. The van der Waals surface area contributed by atoms with E-state index in [1.807, 2.05) is 25.3 Å². The van der Waals surface area contributed by atoms with Gasteiger partial charge < -0.3 is 9.47 Å². The average Bonchev–Trinajstić information content (AvgIpc) is 2.83. The first-order valence-corrected chi connectivity index (χ1v) is 9.88. The molecular weight excluding hydrogens is 365 g/mol. The summed E-state index contributed by atoms with van der Waals surface area (Å²) in [7, 11) is 2.19. The number of nitrogens with zero attached hydrogens (tertiary/aromatic N) is 3. The fraction of sp³-hybridized carbons (Fsp3) is 0.381. The summed E-state index contributed by atoms with van der Waals surface area (Å²) >= 11 is 13.2. The Labute approximate surface area is 164 Å². The molecule has 2 aromatic heterocycles. The summed E-state index contributed by atoms with van der Waals surface area (Å²) in [6.07, 6.45) is 4.95. The second-order valence-corrected chi connectivity index (χ2v) is 8.01. The van der Waals surface area contributed by atoms with Crippen molar-refractivity contribution in [2.45, 2.75) is 32.7 Å². The van der Waals surface area contributed by atoms with Gasteiger partial charge in [-0.25, -0.2) is 0 Å². The maximum absolute atomic E-state index is 6.62. The van der Waals surface area contributed by atoms with Crippen LogP contribution in [0.5, 0.6) is 0 Å². The fourth-order valence-corrected chi connectivity index (χ4v) is 4.46. The lowest BCUT2D eigenvalue weighted by atomic mass is 10.1. The summed E-state index contributed by atoms with van der Waals surface area (Å²) in [6.45, 7) is 5.02. The van der Waals surface area contributed by atoms with E-state index in [4.69, 9.17) is 23.2 Å². The lowest BCUT2D eigenvalue weighted by Gasteiger charge is -2.14. The van der Waals surface area contributed by atoms with Crippen molar-refractivity contribution in [2.24, 2.45) is 0 Å². The molecule has 0 amide bonds. The van der Waals surface area contributed by atoms with Crippen molar-refractivity contribution in [2.75, 3.05) is 20.1 Å². The molecule has 136 valence electrons. The van der Waals surface area contributed by atoms with Gasteiger partial charge in [-0.1, -0.05) is 29.3 Å². The lowest BCUT2D eigenvalue weighted by molar-refractivity contribution is 0.351. The number of pyridine rings is 1. The number of rotatable bonds is 3. The van der Waals surface area contributed by atoms with Crippen LogP contribution in [0.4, 0.5) is 0 Å². The molecular formula is C21H23Cl2N3. The minimum Gasteiger partial charge on any atom is -0.343 e. The van der Waals surface area contributed by atoms with Crippen molar-refractivity contribution in [3.8, 4) is 0 Å². The predicted molar refractivity (Wildman–Crippen MR) is 110 cm³/mol. The Morgan fingerprint density at radius 1 is 1.04 bits per heavy atom. The second kappa shape index (κ2) is 7.22. The minimum absolute atomic E-state index is 0.785. The molecule has 0 unspecified atom stereocenters. The molecule has 1 aliphatic heterocycles. The maximum atomic E-state index is 6.62. The van der Waals surface area contributed by atoms with E-state index in [1.165, 1.54) is 16.8 Å². The monoisotopic (exact) mass is 387 g/mol. The van der Waals surface area contributed by atoms with Gasteiger partial charge in [0.15, 0.2) is 0 Å². The molecule has 3 aromatic rings. The molecule has 0 bridgehead atoms. The highest BCUT2D eigenvalue weighted by Crippen LogP contribution is 2.38. The number of aromatic nitrogens is 2. The van der Waals surface area contributed by atoms with Gasteiger partial charge in [-0.2, -0.15) is 0 Å². The molecule has 0 saturated heterocycles. The maximum Gasteiger partial charge on any atom is 0.0689 e. The largest absolute Gasteiger partial charge is 0.343 e. The van der Waals surface area contributed by atoms with Crippen LogP contribution in [0.15, 0.2) is 30.5 Å². The third-order valence-electron chi connectivity index (χ3n) is 5.39. The molecule has 3 nitrogen and oxygen atoms in total. The van der Waals surface area contributed by atoms with Crippen molar-refractivity contribution in [1.82, 2.24) is 14.5 Å². The first-order valence-electron chi connectivity index (χ1n) is 9.12. The van der Waals surface area contributed by atoms with E-state index < -0.39 is 0 Å². The van der Waals surface area contributed by atoms with Crippen LogP contribution in [0.3, 0.4) is 0 Å². The Kier molecular flexibility index (Phi) is 4.96. The van der Waals surface area contributed by atoms with Crippen molar-refractivity contribution < 1.29 is 0 Å². The van der Waals surface area contributed by atoms with Gasteiger partial charge >= 0.3 is 0 Å². The van der Waals surface area contributed by atoms with E-state index in [1.54, 1.807) is 0 Å². The Bertz CT molecular complexity index is 944. The van der Waals surface area contributed by atoms with Crippen molar-refractivity contribution >= 4 is 34.1 Å². The van der Waals surface area contributed by atoms with Crippen LogP contribution in [-0.4, -0.2) is 34.6 Å². The van der Waals surface area contributed by atoms with Crippen LogP contribution in [0.1, 0.15) is 22.5 Å². The second-order valence-electron chi connectivity index (χ2n) is 7.19. The molecule has 0 radical (unpaired) electrons. The zero-order chi connectivity index (χ0) is 18.3. The zero-order valence-electron chi connectivity index (χ0n) is 15.2. The molecule has 0 aliphatic carbocycles. The molecule has 0 atom stereocenters. The van der Waals surface area contributed by atoms with E-state index in [0.29, 0.717) is 0 Å². The van der Waals surface area contributed by atoms with Gasteiger partial charge in [-0.3, -0.25) is 4.98 Å². The molecule has 26 heavy (non-hydrogen) atoms. The van der Waals surface area contributed by atoms with Crippen LogP contribution in [0.25, 0.3) is 10.9 Å². The molecule has 1 aromatic carbocycles. The molecule has 3 heterocycles. The van der Waals surface area contributed by atoms with Crippen molar-refractivity contribution in [1.29, 1.82) is 0 Å². The number of hydrogen-bond donors (Lipinski definition) is 0. The third-order valence-corrected chi connectivity index (χ3v) is 6.01. The third kappa shape index (κ3) is 3.24. The Hall–Kier alpha value is -1.55. The van der Waals surface area contributed by atoms with Gasteiger partial charge in [-0.15, -0.1) is 0 Å². The predicted octanol–water partition coefficient (Wildman–Crippen LogP) is 4.92. The SMILES string of the molecule is Cc1ccc(CCn2c3c(c4c(Cl)ccc(Cl)c42)CCN(C)CC3)cn1. The highest BCUT2D eigenvalue weighted by atomic mass is 35.5. The lowest BCUT2D eigenvalue weighted by Crippen LogP contribution is -2.21. The van der Waals surface area contributed by atoms with Crippen LogP contribution in [0, 0.1) is 6.92 Å². The standard InChI is InChI=1S/C21H23Cl2N3/c1-14-3-4-15(13-24-14)7-12-26-19-9-11-25(2)10-8-16(19)20-17(22)5-6-18(23)21(20)26/h3-6,13H,7-12H2,1-2H3. The molecule has 4 rings (SSSR count). The first-order chi connectivity index (χ1) is 12.5. The quantitative estimate of drug-likeness (QED) is 0.635. The summed E-state index contributed by atoms with van der Waals surface area (Å²) in [5.41, 5.74) is 6.15. The first kappa shape index (κ1) is 17.8. The number of hydrogen-bond acceptors (Lipinski definition) is 2. The van der Waals surface area contributed by atoms with E-state index in [9.17, 15) is 0 Å². The van der Waals surface area contributed by atoms with Crippen molar-refractivity contribution in [3.05, 3.63) is 63.0 Å². The van der Waals surface area contributed by atoms with Gasteiger partial charge in [0.1, 0.15) is 0 Å². The fourth-order valence-electron chi connectivity index (χ4n) is 3.93. The van der Waals surface area contributed by atoms with E-state index in [2.05, 4.69) is 33.6 Å². The van der Waals surface area contributed by atoms with Crippen molar-refractivity contribution in [3.63, 3.8) is 0 Å². The smallest absolute Gasteiger partial charge is 0.0689 e. The molecule has 1 aliphatic rings. The number of likely N-dealkylation sites (N-methyl/N-ethyl adjacent to an activating group) is 1. The van der Waals surface area contributed by atoms with Crippen LogP contribution >= 0.6 is 23.2 Å². The van der Waals surface area contributed by atoms with Gasteiger partial charge in [0.05, 0.1) is 15.6 Å². The summed E-state index contributed by atoms with van der Waals surface area (Å²) in [4.78, 5) is 6.81. The average molecular weight is 388 g/mol. The van der Waals surface area contributed by atoms with Gasteiger partial charge in [0.25, 0.3) is 0 Å². The number of fused-ring (bicyclic) bond motifs is 3. The molecule has 0 saturated carbocycles. The Morgan fingerprint density at radius 3 is 2.58 bits per heavy atom. The Morgan fingerprint density at radius 2 is 1.81 bits per heavy atom. The van der Waals surface area contributed by atoms with Crippen LogP contribution in [-0.2, 0) is 25.8 Å². The summed E-state index contributed by atoms with van der Waals surface area (Å²) in [5, 5.41) is 2.74. The molecule has 0 N–H and O–H groups in total. The van der Waals surface area contributed by atoms with Gasteiger partial charge in [0, 0.05) is 49.0 Å². The Balaban J connectivity index is 1.79. The molecule has 0 spiro atoms. The van der Waals surface area contributed by atoms with E-state index >= 15 is 0 Å². The van der Waals surface area contributed by atoms with E-state index in [-0.39, 0.29) is 0 Å². The number of aryl methyl sites for hydroxylation is 3. The van der Waals surface area contributed by atoms with Crippen LogP contribution < -0.4 is 0 Å². The summed E-state index contributed by atoms with van der Waals surface area (Å²) < 4.78 is 2.40. The van der Waals surface area contributed by atoms with E-state index in [0.717, 1.165) is 65.5 Å². The summed E-state index contributed by atoms with van der Waals surface area (Å²) in [6, 6.07) is 8.08. The number of benzene rings is 1. The normalized spacial score (nSPS) is 15.2. The van der Waals surface area contributed by atoms with Gasteiger partial charge in [-0.05, 0) is 56.1 Å². The molecule has 5 heteroatoms. The highest BCUT2D eigenvalue weighted by Gasteiger charge is 2.23. The topological polar surface area (TPSA) is 21.1 Å². The van der Waals surface area contributed by atoms with Gasteiger partial charge in [0.2, 0.25) is 0 Å². The number of halogens is 2.